The van der Waals surface area contributed by atoms with Crippen molar-refractivity contribution >= 4 is 11.8 Å². The van der Waals surface area contributed by atoms with Crippen molar-refractivity contribution in [3.63, 3.8) is 0 Å². The lowest BCUT2D eigenvalue weighted by Crippen LogP contribution is -2.51. The van der Waals surface area contributed by atoms with Gasteiger partial charge in [-0.3, -0.25) is 9.59 Å². The van der Waals surface area contributed by atoms with Crippen LogP contribution in [0.5, 0.6) is 0 Å². The van der Waals surface area contributed by atoms with Crippen LogP contribution in [0.2, 0.25) is 0 Å². The molecule has 4 aliphatic carbocycles. The molecule has 0 spiro atoms. The zero-order valence-electron chi connectivity index (χ0n) is 20.9. The summed E-state index contributed by atoms with van der Waals surface area (Å²) in [6.45, 7) is 7.11. The van der Waals surface area contributed by atoms with Crippen LogP contribution in [-0.2, 0) is 14.3 Å². The van der Waals surface area contributed by atoms with Crippen molar-refractivity contribution in [2.24, 2.45) is 28.6 Å². The monoisotopic (exact) mass is 442 g/mol. The van der Waals surface area contributed by atoms with E-state index in [1.165, 1.54) is 63.4 Å². The van der Waals surface area contributed by atoms with Crippen LogP contribution < -0.4 is 0 Å². The van der Waals surface area contributed by atoms with E-state index in [-0.39, 0.29) is 22.9 Å². The van der Waals surface area contributed by atoms with Gasteiger partial charge in [-0.1, -0.05) is 64.9 Å². The average Bonchev–Trinajstić information content (AvgIpc) is 3.10. The van der Waals surface area contributed by atoms with Crippen LogP contribution in [0.25, 0.3) is 0 Å². The fourth-order valence-corrected chi connectivity index (χ4v) is 8.15. The third-order valence-corrected chi connectivity index (χ3v) is 10.1. The number of fused-ring (bicyclic) bond motifs is 5. The van der Waals surface area contributed by atoms with Crippen molar-refractivity contribution < 1.29 is 14.3 Å². The van der Waals surface area contributed by atoms with Gasteiger partial charge in [-0.2, -0.15) is 0 Å². The van der Waals surface area contributed by atoms with Crippen molar-refractivity contribution in [3.8, 4) is 0 Å². The number of unbranched alkanes of at least 4 members (excludes halogenated alkanes) is 6. The van der Waals surface area contributed by atoms with E-state index in [1.54, 1.807) is 0 Å². The highest BCUT2D eigenvalue weighted by atomic mass is 16.5. The highest BCUT2D eigenvalue weighted by Crippen LogP contribution is 2.65. The Morgan fingerprint density at radius 3 is 2.47 bits per heavy atom. The standard InChI is InChI=1S/C29H46O3/c1-4-5-6-7-8-9-10-11-27(31)32-26-15-14-24-23-13-12-21-20-22(30)16-18-28(21,2)25(23)17-19-29(24,26)3/h20,23-26H,4-19H2,1-3H3/t23-,24-,25-,26+,28-,29-/m0/s1. The molecule has 0 radical (unpaired) electrons. The topological polar surface area (TPSA) is 43.4 Å². The maximum atomic E-state index is 12.6. The molecule has 180 valence electrons. The lowest BCUT2D eigenvalue weighted by atomic mass is 9.47. The summed E-state index contributed by atoms with van der Waals surface area (Å²) in [5.74, 6) is 2.49. The number of rotatable bonds is 9. The molecular formula is C29H46O3. The number of esters is 1. The summed E-state index contributed by atoms with van der Waals surface area (Å²) in [4.78, 5) is 24.7. The minimum Gasteiger partial charge on any atom is -0.462 e. The number of allylic oxidation sites excluding steroid dienone is 1. The molecule has 0 N–H and O–H groups in total. The lowest BCUT2D eigenvalue weighted by molar-refractivity contribution is -0.160. The Hall–Kier alpha value is -1.12. The first-order valence-corrected chi connectivity index (χ1v) is 13.8. The Morgan fingerprint density at radius 2 is 1.69 bits per heavy atom. The van der Waals surface area contributed by atoms with Crippen molar-refractivity contribution in [3.05, 3.63) is 11.6 Å². The predicted octanol–water partition coefficient (Wildman–Crippen LogP) is 7.57. The molecule has 0 amide bonds. The molecule has 0 aromatic carbocycles. The molecule has 0 aliphatic heterocycles. The van der Waals surface area contributed by atoms with Gasteiger partial charge in [0.15, 0.2) is 5.78 Å². The molecule has 3 nitrogen and oxygen atoms in total. The van der Waals surface area contributed by atoms with Gasteiger partial charge < -0.3 is 4.74 Å². The second-order valence-electron chi connectivity index (χ2n) is 11.9. The summed E-state index contributed by atoms with van der Waals surface area (Å²) in [7, 11) is 0. The minimum absolute atomic E-state index is 0.0409. The maximum Gasteiger partial charge on any atom is 0.306 e. The van der Waals surface area contributed by atoms with E-state index < -0.39 is 0 Å². The Morgan fingerprint density at radius 1 is 0.938 bits per heavy atom. The summed E-state index contributed by atoms with van der Waals surface area (Å²) in [6, 6.07) is 0. The van der Waals surface area contributed by atoms with Gasteiger partial charge in [0.1, 0.15) is 6.10 Å². The number of hydrogen-bond donors (Lipinski definition) is 0. The number of carbonyl (C=O) groups excluding carboxylic acids is 2. The van der Waals surface area contributed by atoms with Crippen LogP contribution in [0.1, 0.15) is 124 Å². The highest BCUT2D eigenvalue weighted by Gasteiger charge is 2.59. The van der Waals surface area contributed by atoms with Gasteiger partial charge in [0.25, 0.3) is 0 Å². The molecule has 4 aliphatic rings. The van der Waals surface area contributed by atoms with Gasteiger partial charge in [0.2, 0.25) is 0 Å². The molecule has 4 rings (SSSR count). The quantitative estimate of drug-likeness (QED) is 0.273. The summed E-state index contributed by atoms with van der Waals surface area (Å²) in [6.07, 6.45) is 20.1. The fourth-order valence-electron chi connectivity index (χ4n) is 8.15. The Bertz CT molecular complexity index is 724. The lowest BCUT2D eigenvalue weighted by Gasteiger charge is -2.57. The van der Waals surface area contributed by atoms with E-state index >= 15 is 0 Å². The van der Waals surface area contributed by atoms with Crippen LogP contribution in [0.3, 0.4) is 0 Å². The normalized spacial score (nSPS) is 38.5. The van der Waals surface area contributed by atoms with Crippen LogP contribution in [0.15, 0.2) is 11.6 Å². The van der Waals surface area contributed by atoms with E-state index in [9.17, 15) is 9.59 Å². The largest absolute Gasteiger partial charge is 0.462 e. The number of hydrogen-bond acceptors (Lipinski definition) is 3. The summed E-state index contributed by atoms with van der Waals surface area (Å²) in [5, 5.41) is 0. The summed E-state index contributed by atoms with van der Waals surface area (Å²) in [5.41, 5.74) is 1.82. The smallest absolute Gasteiger partial charge is 0.306 e. The van der Waals surface area contributed by atoms with Crippen molar-refractivity contribution in [2.45, 2.75) is 130 Å². The van der Waals surface area contributed by atoms with Gasteiger partial charge in [0, 0.05) is 18.3 Å². The summed E-state index contributed by atoms with van der Waals surface area (Å²) < 4.78 is 6.16. The van der Waals surface area contributed by atoms with Crippen molar-refractivity contribution in [1.82, 2.24) is 0 Å². The van der Waals surface area contributed by atoms with Crippen LogP contribution >= 0.6 is 0 Å². The highest BCUT2D eigenvalue weighted by molar-refractivity contribution is 5.91. The Labute approximate surface area is 196 Å². The second-order valence-corrected chi connectivity index (χ2v) is 11.9. The zero-order chi connectivity index (χ0) is 22.8. The van der Waals surface area contributed by atoms with Crippen LogP contribution in [0.4, 0.5) is 0 Å². The molecule has 3 heteroatoms. The average molecular weight is 443 g/mol. The molecule has 6 atom stereocenters. The van der Waals surface area contributed by atoms with E-state index in [0.717, 1.165) is 44.4 Å². The third kappa shape index (κ3) is 4.60. The van der Waals surface area contributed by atoms with E-state index in [1.807, 2.05) is 6.08 Å². The molecule has 0 aromatic rings. The Kier molecular flexibility index (Phi) is 7.52. The van der Waals surface area contributed by atoms with Crippen molar-refractivity contribution in [1.29, 1.82) is 0 Å². The molecule has 3 fully saturated rings. The molecule has 0 bridgehead atoms. The molecule has 0 heterocycles. The van der Waals surface area contributed by atoms with Gasteiger partial charge in [-0.05, 0) is 80.6 Å². The third-order valence-electron chi connectivity index (χ3n) is 10.1. The number of ether oxygens (including phenoxy) is 1. The van der Waals surface area contributed by atoms with Gasteiger partial charge in [0.05, 0.1) is 0 Å². The Balaban J connectivity index is 1.31. The van der Waals surface area contributed by atoms with Crippen LogP contribution in [-0.4, -0.2) is 17.9 Å². The maximum absolute atomic E-state index is 12.6. The van der Waals surface area contributed by atoms with Gasteiger partial charge in [-0.15, -0.1) is 0 Å². The first-order chi connectivity index (χ1) is 15.4. The first kappa shape index (κ1) is 24.0. The second kappa shape index (κ2) is 10.0. The molecule has 0 saturated heterocycles. The molecule has 0 aromatic heterocycles. The van der Waals surface area contributed by atoms with Crippen LogP contribution in [0, 0.1) is 28.6 Å². The predicted molar refractivity (Wildman–Crippen MR) is 129 cm³/mol. The summed E-state index contributed by atoms with van der Waals surface area (Å²) >= 11 is 0. The minimum atomic E-state index is 0.0409. The fraction of sp³-hybridized carbons (Fsp3) is 0.862. The number of ketones is 1. The number of carbonyl (C=O) groups is 2. The molecule has 3 saturated carbocycles. The molecule has 0 unspecified atom stereocenters. The van der Waals surface area contributed by atoms with Gasteiger partial charge in [-0.25, -0.2) is 0 Å². The molecular weight excluding hydrogens is 396 g/mol. The van der Waals surface area contributed by atoms with Crippen molar-refractivity contribution in [2.75, 3.05) is 0 Å². The van der Waals surface area contributed by atoms with E-state index in [4.69, 9.17) is 4.74 Å². The zero-order valence-corrected chi connectivity index (χ0v) is 20.9. The van der Waals surface area contributed by atoms with E-state index in [2.05, 4.69) is 20.8 Å². The van der Waals surface area contributed by atoms with E-state index in [0.29, 0.717) is 24.0 Å². The first-order valence-electron chi connectivity index (χ1n) is 13.8. The molecule has 32 heavy (non-hydrogen) atoms. The SMILES string of the molecule is CCCCCCCCCC(=O)O[C@@H]1CC[C@H]2[C@@H]3CCC4=CC(=O)CC[C@]4(C)[C@H]3CC[C@]12C. The van der Waals surface area contributed by atoms with Gasteiger partial charge >= 0.3 is 5.97 Å².